The predicted octanol–water partition coefficient (Wildman–Crippen LogP) is 5.11. The molecule has 0 bridgehead atoms. The van der Waals surface area contributed by atoms with Gasteiger partial charge in [-0.25, -0.2) is 0 Å². The van der Waals surface area contributed by atoms with E-state index in [1.54, 1.807) is 0 Å². The highest BCUT2D eigenvalue weighted by Crippen LogP contribution is 2.28. The molecule has 0 saturated heterocycles. The Bertz CT molecular complexity index is 959. The van der Waals surface area contributed by atoms with Crippen molar-refractivity contribution in [3.05, 3.63) is 81.0 Å². The zero-order valence-corrected chi connectivity index (χ0v) is 16.6. The van der Waals surface area contributed by atoms with E-state index in [1.807, 2.05) is 30.4 Å². The Kier molecular flexibility index (Phi) is 4.99. The van der Waals surface area contributed by atoms with Crippen molar-refractivity contribution in [2.24, 2.45) is 0 Å². The van der Waals surface area contributed by atoms with Gasteiger partial charge < -0.3 is 10.2 Å². The van der Waals surface area contributed by atoms with Crippen molar-refractivity contribution in [2.75, 3.05) is 16.8 Å². The first-order valence-corrected chi connectivity index (χ1v) is 10.2. The average Bonchev–Trinajstić information content (AvgIpc) is 3.13. The number of carbonyl (C=O) groups is 1. The van der Waals surface area contributed by atoms with E-state index in [-0.39, 0.29) is 5.91 Å². The van der Waals surface area contributed by atoms with Gasteiger partial charge in [0.2, 0.25) is 5.91 Å². The molecule has 0 aliphatic carbocycles. The summed E-state index contributed by atoms with van der Waals surface area (Å²) in [6, 6.07) is 16.7. The number of thiophene rings is 1. The van der Waals surface area contributed by atoms with E-state index in [2.05, 4.69) is 58.9 Å². The Hall–Kier alpha value is -2.59. The van der Waals surface area contributed by atoms with Crippen LogP contribution in [0.25, 0.3) is 0 Å². The maximum atomic E-state index is 12.4. The van der Waals surface area contributed by atoms with Crippen LogP contribution >= 0.6 is 11.3 Å². The topological polar surface area (TPSA) is 32.3 Å². The van der Waals surface area contributed by atoms with Crippen LogP contribution in [0.5, 0.6) is 0 Å². The number of hydrogen-bond acceptors (Lipinski definition) is 3. The fourth-order valence-electron chi connectivity index (χ4n) is 3.59. The molecule has 1 aromatic heterocycles. The molecule has 4 heteroatoms. The first-order chi connectivity index (χ1) is 13.1. The molecule has 0 radical (unpaired) electrons. The summed E-state index contributed by atoms with van der Waals surface area (Å²) < 4.78 is 0. The number of fused-ring (bicyclic) bond motifs is 1. The van der Waals surface area contributed by atoms with Crippen LogP contribution in [-0.2, 0) is 24.2 Å². The van der Waals surface area contributed by atoms with Crippen LogP contribution in [0.3, 0.4) is 0 Å². The summed E-state index contributed by atoms with van der Waals surface area (Å²) in [6.45, 7) is 6.12. The highest BCUT2D eigenvalue weighted by molar-refractivity contribution is 7.10. The Labute approximate surface area is 164 Å². The van der Waals surface area contributed by atoms with Gasteiger partial charge in [-0.2, -0.15) is 0 Å². The third-order valence-electron chi connectivity index (χ3n) is 5.18. The first kappa shape index (κ1) is 17.8. The van der Waals surface area contributed by atoms with E-state index >= 15 is 0 Å². The molecule has 0 saturated carbocycles. The quantitative estimate of drug-likeness (QED) is 0.686. The van der Waals surface area contributed by atoms with Gasteiger partial charge in [0.15, 0.2) is 0 Å². The standard InChI is InChI=1S/C23H24N2OS/c1-16-3-4-17(2)19(13-16)14-23(26)24-20-5-7-21(8-6-20)25-11-9-22-18(15-25)10-12-27-22/h3-8,10,12-13H,9,11,14-15H2,1-2H3,(H,24,26). The minimum atomic E-state index is 0.0253. The Morgan fingerprint density at radius 2 is 1.93 bits per heavy atom. The van der Waals surface area contributed by atoms with Crippen molar-refractivity contribution < 1.29 is 4.79 Å². The highest BCUT2D eigenvalue weighted by atomic mass is 32.1. The molecule has 4 rings (SSSR count). The number of nitrogens with one attached hydrogen (secondary N) is 1. The van der Waals surface area contributed by atoms with E-state index in [0.29, 0.717) is 6.42 Å². The van der Waals surface area contributed by atoms with Crippen LogP contribution in [0.15, 0.2) is 53.9 Å². The molecule has 2 aromatic carbocycles. The molecule has 0 spiro atoms. The summed E-state index contributed by atoms with van der Waals surface area (Å²) in [4.78, 5) is 16.3. The van der Waals surface area contributed by atoms with E-state index in [9.17, 15) is 4.79 Å². The predicted molar refractivity (Wildman–Crippen MR) is 114 cm³/mol. The zero-order chi connectivity index (χ0) is 18.8. The van der Waals surface area contributed by atoms with Gasteiger partial charge in [-0.05, 0) is 72.7 Å². The summed E-state index contributed by atoms with van der Waals surface area (Å²) in [5, 5.41) is 5.21. The molecule has 3 nitrogen and oxygen atoms in total. The molecule has 0 atom stereocenters. The summed E-state index contributed by atoms with van der Waals surface area (Å²) in [5.41, 5.74) is 6.93. The molecule has 0 fully saturated rings. The van der Waals surface area contributed by atoms with Crippen LogP contribution in [0.1, 0.15) is 27.1 Å². The lowest BCUT2D eigenvalue weighted by Gasteiger charge is -2.29. The zero-order valence-electron chi connectivity index (χ0n) is 15.8. The van der Waals surface area contributed by atoms with Gasteiger partial charge in [-0.15, -0.1) is 11.3 Å². The van der Waals surface area contributed by atoms with E-state index in [4.69, 9.17) is 0 Å². The number of carbonyl (C=O) groups excluding carboxylic acids is 1. The van der Waals surface area contributed by atoms with E-state index < -0.39 is 0 Å². The van der Waals surface area contributed by atoms with Crippen molar-refractivity contribution in [3.63, 3.8) is 0 Å². The van der Waals surface area contributed by atoms with Gasteiger partial charge in [0.25, 0.3) is 0 Å². The maximum absolute atomic E-state index is 12.4. The third kappa shape index (κ3) is 4.06. The summed E-state index contributed by atoms with van der Waals surface area (Å²) >= 11 is 1.86. The van der Waals surface area contributed by atoms with Crippen LogP contribution in [-0.4, -0.2) is 12.5 Å². The summed E-state index contributed by atoms with van der Waals surface area (Å²) in [5.74, 6) is 0.0253. The normalized spacial score (nSPS) is 13.3. The molecule has 1 N–H and O–H groups in total. The van der Waals surface area contributed by atoms with Crippen molar-refractivity contribution in [2.45, 2.75) is 33.2 Å². The summed E-state index contributed by atoms with van der Waals surface area (Å²) in [6.07, 6.45) is 1.52. The van der Waals surface area contributed by atoms with Gasteiger partial charge in [0, 0.05) is 29.3 Å². The fourth-order valence-corrected chi connectivity index (χ4v) is 4.48. The Morgan fingerprint density at radius 1 is 1.11 bits per heavy atom. The monoisotopic (exact) mass is 376 g/mol. The van der Waals surface area contributed by atoms with Crippen LogP contribution < -0.4 is 10.2 Å². The first-order valence-electron chi connectivity index (χ1n) is 9.35. The lowest BCUT2D eigenvalue weighted by Crippen LogP contribution is -2.29. The third-order valence-corrected chi connectivity index (χ3v) is 6.20. The number of anilines is 2. The molecular formula is C23H24N2OS. The smallest absolute Gasteiger partial charge is 0.228 e. The summed E-state index contributed by atoms with van der Waals surface area (Å²) in [7, 11) is 0. The number of aryl methyl sites for hydroxylation is 2. The number of hydrogen-bond donors (Lipinski definition) is 1. The lowest BCUT2D eigenvalue weighted by molar-refractivity contribution is -0.115. The van der Waals surface area contributed by atoms with Gasteiger partial charge in [0.05, 0.1) is 6.42 Å². The van der Waals surface area contributed by atoms with Gasteiger partial charge in [-0.1, -0.05) is 23.8 Å². The SMILES string of the molecule is Cc1ccc(C)c(CC(=O)Nc2ccc(N3CCc4sccc4C3)cc2)c1. The minimum Gasteiger partial charge on any atom is -0.367 e. The fraction of sp³-hybridized carbons (Fsp3) is 0.261. The van der Waals surface area contributed by atoms with Crippen LogP contribution in [0, 0.1) is 13.8 Å². The molecule has 3 aromatic rings. The lowest BCUT2D eigenvalue weighted by atomic mass is 10.0. The second-order valence-electron chi connectivity index (χ2n) is 7.24. The van der Waals surface area contributed by atoms with Gasteiger partial charge in [-0.3, -0.25) is 4.79 Å². The van der Waals surface area contributed by atoms with Crippen molar-refractivity contribution in [3.8, 4) is 0 Å². The number of rotatable bonds is 4. The minimum absolute atomic E-state index is 0.0253. The molecule has 1 aliphatic rings. The van der Waals surface area contributed by atoms with Gasteiger partial charge >= 0.3 is 0 Å². The largest absolute Gasteiger partial charge is 0.367 e. The second kappa shape index (κ2) is 7.57. The van der Waals surface area contributed by atoms with E-state index in [1.165, 1.54) is 21.7 Å². The second-order valence-corrected chi connectivity index (χ2v) is 8.24. The maximum Gasteiger partial charge on any atom is 0.228 e. The molecule has 27 heavy (non-hydrogen) atoms. The van der Waals surface area contributed by atoms with Crippen LogP contribution in [0.2, 0.25) is 0 Å². The van der Waals surface area contributed by atoms with Crippen molar-refractivity contribution in [1.29, 1.82) is 0 Å². The van der Waals surface area contributed by atoms with Crippen molar-refractivity contribution in [1.82, 2.24) is 0 Å². The highest BCUT2D eigenvalue weighted by Gasteiger charge is 2.17. The van der Waals surface area contributed by atoms with Crippen molar-refractivity contribution >= 4 is 28.6 Å². The number of nitrogens with zero attached hydrogens (tertiary/aromatic N) is 1. The molecule has 1 amide bonds. The molecule has 2 heterocycles. The Morgan fingerprint density at radius 3 is 2.74 bits per heavy atom. The van der Waals surface area contributed by atoms with E-state index in [0.717, 1.165) is 36.3 Å². The number of benzene rings is 2. The molecule has 1 aliphatic heterocycles. The Balaban J connectivity index is 1.39. The molecule has 138 valence electrons. The molecular weight excluding hydrogens is 352 g/mol. The van der Waals surface area contributed by atoms with Gasteiger partial charge in [0.1, 0.15) is 0 Å². The molecule has 0 unspecified atom stereocenters. The van der Waals surface area contributed by atoms with Crippen LogP contribution in [0.4, 0.5) is 11.4 Å². The number of amides is 1. The average molecular weight is 377 g/mol.